The van der Waals surface area contributed by atoms with Gasteiger partial charge in [0.2, 0.25) is 0 Å². The molecule has 1 atom stereocenters. The van der Waals surface area contributed by atoms with E-state index >= 15 is 0 Å². The number of carbonyl (C=O) groups is 2. The van der Waals surface area contributed by atoms with Crippen LogP contribution in [0.15, 0.2) is 12.3 Å². The average Bonchev–Trinajstić information content (AvgIpc) is 2.69. The standard InChI is InChI=1S/C13H20N2O3/c1-4-5-11(17)7-14-13(18)12-6-10(9(2)16)8-15(12)3/h6,8,11,17H,4-5,7H2,1-3H3,(H,14,18). The van der Waals surface area contributed by atoms with Crippen molar-refractivity contribution in [3.63, 3.8) is 0 Å². The van der Waals surface area contributed by atoms with E-state index in [9.17, 15) is 14.7 Å². The molecule has 5 heteroatoms. The van der Waals surface area contributed by atoms with Crippen molar-refractivity contribution in [2.45, 2.75) is 32.8 Å². The van der Waals surface area contributed by atoms with Crippen LogP contribution in [0.25, 0.3) is 0 Å². The molecule has 1 aromatic rings. The molecule has 100 valence electrons. The summed E-state index contributed by atoms with van der Waals surface area (Å²) in [5.41, 5.74) is 0.931. The molecule has 0 fully saturated rings. The van der Waals surface area contributed by atoms with Gasteiger partial charge in [-0.25, -0.2) is 0 Å². The summed E-state index contributed by atoms with van der Waals surface area (Å²) >= 11 is 0. The second kappa shape index (κ2) is 6.35. The number of ketones is 1. The van der Waals surface area contributed by atoms with Gasteiger partial charge in [-0.1, -0.05) is 13.3 Å². The van der Waals surface area contributed by atoms with Crippen LogP contribution in [-0.4, -0.2) is 34.0 Å². The molecule has 0 radical (unpaired) electrons. The number of Topliss-reactive ketones (excluding diaryl/α,β-unsaturated/α-hetero) is 1. The van der Waals surface area contributed by atoms with Crippen LogP contribution >= 0.6 is 0 Å². The molecule has 1 heterocycles. The highest BCUT2D eigenvalue weighted by Crippen LogP contribution is 2.08. The zero-order chi connectivity index (χ0) is 13.7. The molecule has 18 heavy (non-hydrogen) atoms. The number of hydrogen-bond acceptors (Lipinski definition) is 3. The Kier molecular flexibility index (Phi) is 5.09. The quantitative estimate of drug-likeness (QED) is 0.745. The van der Waals surface area contributed by atoms with E-state index in [4.69, 9.17) is 0 Å². The van der Waals surface area contributed by atoms with Gasteiger partial charge in [-0.05, 0) is 19.4 Å². The molecule has 0 spiro atoms. The first-order valence-corrected chi connectivity index (χ1v) is 6.09. The number of aliphatic hydroxyl groups excluding tert-OH is 1. The van der Waals surface area contributed by atoms with Gasteiger partial charge in [0.1, 0.15) is 5.69 Å². The van der Waals surface area contributed by atoms with Gasteiger partial charge in [-0.3, -0.25) is 9.59 Å². The van der Waals surface area contributed by atoms with E-state index < -0.39 is 6.10 Å². The van der Waals surface area contributed by atoms with Crippen LogP contribution in [0.2, 0.25) is 0 Å². The van der Waals surface area contributed by atoms with Crippen LogP contribution in [0.3, 0.4) is 0 Å². The molecule has 0 saturated heterocycles. The van der Waals surface area contributed by atoms with Gasteiger partial charge in [0.25, 0.3) is 5.91 Å². The van der Waals surface area contributed by atoms with Crippen LogP contribution in [-0.2, 0) is 7.05 Å². The number of aliphatic hydroxyl groups is 1. The van der Waals surface area contributed by atoms with E-state index in [2.05, 4.69) is 5.32 Å². The molecule has 2 N–H and O–H groups in total. The fourth-order valence-corrected chi connectivity index (χ4v) is 1.72. The highest BCUT2D eigenvalue weighted by atomic mass is 16.3. The molecule has 0 aliphatic rings. The van der Waals surface area contributed by atoms with Crippen molar-refractivity contribution < 1.29 is 14.7 Å². The predicted octanol–water partition coefficient (Wildman–Crippen LogP) is 1.12. The van der Waals surface area contributed by atoms with Crippen molar-refractivity contribution in [2.75, 3.05) is 6.54 Å². The van der Waals surface area contributed by atoms with Gasteiger partial charge < -0.3 is 15.0 Å². The van der Waals surface area contributed by atoms with E-state index in [-0.39, 0.29) is 18.2 Å². The first kappa shape index (κ1) is 14.4. The number of aryl methyl sites for hydroxylation is 1. The van der Waals surface area contributed by atoms with E-state index in [0.717, 1.165) is 6.42 Å². The van der Waals surface area contributed by atoms with E-state index in [1.807, 2.05) is 6.92 Å². The molecule has 0 aliphatic carbocycles. The Morgan fingerprint density at radius 3 is 2.67 bits per heavy atom. The molecule has 1 rings (SSSR count). The van der Waals surface area contributed by atoms with Crippen molar-refractivity contribution in [3.8, 4) is 0 Å². The maximum absolute atomic E-state index is 11.9. The molecule has 1 aromatic heterocycles. The summed E-state index contributed by atoms with van der Waals surface area (Å²) in [5, 5.41) is 12.2. The number of nitrogens with one attached hydrogen (secondary N) is 1. The lowest BCUT2D eigenvalue weighted by atomic mass is 10.2. The molecule has 0 aromatic carbocycles. The fraction of sp³-hybridized carbons (Fsp3) is 0.538. The first-order chi connectivity index (χ1) is 8.45. The van der Waals surface area contributed by atoms with Crippen LogP contribution in [0, 0.1) is 0 Å². The summed E-state index contributed by atoms with van der Waals surface area (Å²) < 4.78 is 1.61. The van der Waals surface area contributed by atoms with Crippen LogP contribution in [0.4, 0.5) is 0 Å². The second-order valence-corrected chi connectivity index (χ2v) is 4.43. The number of amides is 1. The third-order valence-corrected chi connectivity index (χ3v) is 2.76. The SMILES string of the molecule is CCCC(O)CNC(=O)c1cc(C(C)=O)cn1C. The number of carbonyl (C=O) groups excluding carboxylic acids is 2. The van der Waals surface area contributed by atoms with Crippen molar-refractivity contribution >= 4 is 11.7 Å². The number of hydrogen-bond donors (Lipinski definition) is 2. The monoisotopic (exact) mass is 252 g/mol. The van der Waals surface area contributed by atoms with E-state index in [1.54, 1.807) is 23.9 Å². The summed E-state index contributed by atoms with van der Waals surface area (Å²) in [4.78, 5) is 23.1. The highest BCUT2D eigenvalue weighted by molar-refractivity contribution is 5.99. The second-order valence-electron chi connectivity index (χ2n) is 4.43. The third-order valence-electron chi connectivity index (χ3n) is 2.76. The van der Waals surface area contributed by atoms with E-state index in [1.165, 1.54) is 6.92 Å². The van der Waals surface area contributed by atoms with Crippen molar-refractivity contribution in [1.82, 2.24) is 9.88 Å². The van der Waals surface area contributed by atoms with Crippen molar-refractivity contribution in [2.24, 2.45) is 7.05 Å². The van der Waals surface area contributed by atoms with Gasteiger partial charge in [-0.2, -0.15) is 0 Å². The lowest BCUT2D eigenvalue weighted by molar-refractivity contribution is 0.0902. The summed E-state index contributed by atoms with van der Waals surface area (Å²) in [6.45, 7) is 3.66. The minimum atomic E-state index is -0.522. The normalized spacial score (nSPS) is 12.2. The minimum Gasteiger partial charge on any atom is -0.391 e. The summed E-state index contributed by atoms with van der Waals surface area (Å²) in [6, 6.07) is 1.56. The molecule has 5 nitrogen and oxygen atoms in total. The van der Waals surface area contributed by atoms with Gasteiger partial charge >= 0.3 is 0 Å². The molecule has 1 amide bonds. The molecular formula is C13H20N2O3. The zero-order valence-electron chi connectivity index (χ0n) is 11.1. The van der Waals surface area contributed by atoms with Gasteiger partial charge in [0.05, 0.1) is 6.10 Å². The minimum absolute atomic E-state index is 0.0735. The molecule has 0 aliphatic heterocycles. The Bertz CT molecular complexity index is 437. The van der Waals surface area contributed by atoms with Crippen molar-refractivity contribution in [1.29, 1.82) is 0 Å². The third kappa shape index (κ3) is 3.70. The molecule has 0 saturated carbocycles. The number of rotatable bonds is 6. The predicted molar refractivity (Wildman–Crippen MR) is 68.7 cm³/mol. The Labute approximate surface area is 107 Å². The number of nitrogens with zero attached hydrogens (tertiary/aromatic N) is 1. The summed E-state index contributed by atoms with van der Waals surface area (Å²) in [6.07, 6.45) is 2.63. The lowest BCUT2D eigenvalue weighted by Crippen LogP contribution is -2.32. The summed E-state index contributed by atoms with van der Waals surface area (Å²) in [5.74, 6) is -0.351. The van der Waals surface area contributed by atoms with Gasteiger partial charge in [0, 0.05) is 25.4 Å². The fourth-order valence-electron chi connectivity index (χ4n) is 1.72. The largest absolute Gasteiger partial charge is 0.391 e. The van der Waals surface area contributed by atoms with Crippen LogP contribution < -0.4 is 5.32 Å². The van der Waals surface area contributed by atoms with Crippen molar-refractivity contribution in [3.05, 3.63) is 23.5 Å². The topological polar surface area (TPSA) is 71.3 Å². The van der Waals surface area contributed by atoms with E-state index in [0.29, 0.717) is 17.7 Å². The Hall–Kier alpha value is -1.62. The molecular weight excluding hydrogens is 232 g/mol. The van der Waals surface area contributed by atoms with Crippen LogP contribution in [0.5, 0.6) is 0 Å². The Balaban J connectivity index is 2.64. The Morgan fingerprint density at radius 2 is 2.17 bits per heavy atom. The maximum atomic E-state index is 11.9. The molecule has 0 bridgehead atoms. The smallest absolute Gasteiger partial charge is 0.268 e. The van der Waals surface area contributed by atoms with Gasteiger partial charge in [-0.15, -0.1) is 0 Å². The zero-order valence-corrected chi connectivity index (χ0v) is 11.1. The molecule has 1 unspecified atom stereocenters. The maximum Gasteiger partial charge on any atom is 0.268 e. The highest BCUT2D eigenvalue weighted by Gasteiger charge is 2.14. The first-order valence-electron chi connectivity index (χ1n) is 6.09. The van der Waals surface area contributed by atoms with Crippen LogP contribution in [0.1, 0.15) is 47.5 Å². The Morgan fingerprint density at radius 1 is 1.50 bits per heavy atom. The summed E-state index contributed by atoms with van der Waals surface area (Å²) in [7, 11) is 1.71. The van der Waals surface area contributed by atoms with Gasteiger partial charge in [0.15, 0.2) is 5.78 Å². The number of aromatic nitrogens is 1. The lowest BCUT2D eigenvalue weighted by Gasteiger charge is -2.10. The average molecular weight is 252 g/mol.